The predicted molar refractivity (Wildman–Crippen MR) is 52.0 cm³/mol. The van der Waals surface area contributed by atoms with Crippen LogP contribution in [-0.2, 0) is 0 Å². The van der Waals surface area contributed by atoms with Crippen LogP contribution in [0, 0.1) is 17.2 Å². The van der Waals surface area contributed by atoms with Crippen molar-refractivity contribution in [1.82, 2.24) is 0 Å². The third kappa shape index (κ3) is 6.52. The van der Waals surface area contributed by atoms with Crippen LogP contribution in [0.4, 0.5) is 0 Å². The van der Waals surface area contributed by atoms with E-state index < -0.39 is 0 Å². The summed E-state index contributed by atoms with van der Waals surface area (Å²) >= 11 is 7.37. The molecule has 1 nitrogen and oxygen atoms in total. The predicted octanol–water partition coefficient (Wildman–Crippen LogP) is 2.90. The van der Waals surface area contributed by atoms with Crippen LogP contribution >= 0.6 is 23.4 Å². The maximum absolute atomic E-state index is 8.36. The molecule has 0 N–H and O–H groups in total. The molecule has 0 aliphatic heterocycles. The third-order valence-electron chi connectivity index (χ3n) is 1.50. The Balaban J connectivity index is 3.21. The van der Waals surface area contributed by atoms with E-state index in [1.165, 1.54) is 6.42 Å². The maximum atomic E-state index is 8.36. The average Bonchev–Trinajstić information content (AvgIpc) is 2.04. The van der Waals surface area contributed by atoms with Gasteiger partial charge in [-0.15, -0.1) is 11.6 Å². The van der Waals surface area contributed by atoms with E-state index >= 15 is 0 Å². The molecule has 0 spiro atoms. The number of alkyl halides is 1. The van der Waals surface area contributed by atoms with Gasteiger partial charge in [0, 0.05) is 5.75 Å². The molecule has 11 heavy (non-hydrogen) atoms. The van der Waals surface area contributed by atoms with Crippen LogP contribution in [0.5, 0.6) is 0 Å². The number of thioether (sulfide) groups is 1. The van der Waals surface area contributed by atoms with Crippen LogP contribution in [0.2, 0.25) is 0 Å². The van der Waals surface area contributed by atoms with E-state index in [-0.39, 0.29) is 5.38 Å². The van der Waals surface area contributed by atoms with Gasteiger partial charge in [-0.05, 0) is 11.7 Å². The standard InChI is InChI=1S/C8H14ClNS/c1-3-7(2)5-11-6-8(9)4-10/h7-8H,3,5-6H2,1-2H3. The Labute approximate surface area is 78.1 Å². The number of nitrogens with zero attached hydrogens (tertiary/aromatic N) is 1. The van der Waals surface area contributed by atoms with Crippen molar-refractivity contribution in [3.63, 3.8) is 0 Å². The Morgan fingerprint density at radius 2 is 2.18 bits per heavy atom. The topological polar surface area (TPSA) is 23.8 Å². The lowest BCUT2D eigenvalue weighted by molar-refractivity contribution is 0.637. The smallest absolute Gasteiger partial charge is 0.129 e. The summed E-state index contributed by atoms with van der Waals surface area (Å²) in [6, 6.07) is 2.00. The van der Waals surface area contributed by atoms with Crippen LogP contribution in [0.1, 0.15) is 20.3 Å². The highest BCUT2D eigenvalue weighted by Gasteiger charge is 2.03. The Morgan fingerprint density at radius 3 is 2.64 bits per heavy atom. The first-order chi connectivity index (χ1) is 5.20. The SMILES string of the molecule is CCC(C)CSCC(Cl)C#N. The second-order valence-corrected chi connectivity index (χ2v) is 4.25. The maximum Gasteiger partial charge on any atom is 0.129 e. The molecule has 0 aromatic rings. The lowest BCUT2D eigenvalue weighted by Gasteiger charge is -2.06. The minimum absolute atomic E-state index is 0.316. The first kappa shape index (κ1) is 11.1. The van der Waals surface area contributed by atoms with Gasteiger partial charge in [0.15, 0.2) is 0 Å². The molecule has 3 heteroatoms. The van der Waals surface area contributed by atoms with E-state index in [0.29, 0.717) is 0 Å². The molecule has 0 aliphatic rings. The normalized spacial score (nSPS) is 15.5. The Hall–Kier alpha value is 0.130. The van der Waals surface area contributed by atoms with Crippen LogP contribution in [0.15, 0.2) is 0 Å². The third-order valence-corrected chi connectivity index (χ3v) is 3.31. The molecule has 0 aliphatic carbocycles. The van der Waals surface area contributed by atoms with Crippen LogP contribution < -0.4 is 0 Å². The van der Waals surface area contributed by atoms with E-state index in [1.54, 1.807) is 11.8 Å². The molecule has 0 radical (unpaired) electrons. The molecule has 2 unspecified atom stereocenters. The van der Waals surface area contributed by atoms with E-state index in [2.05, 4.69) is 13.8 Å². The van der Waals surface area contributed by atoms with Crippen molar-refractivity contribution in [2.45, 2.75) is 25.6 Å². The number of rotatable bonds is 5. The van der Waals surface area contributed by atoms with Crippen molar-refractivity contribution in [1.29, 1.82) is 5.26 Å². The highest BCUT2D eigenvalue weighted by atomic mass is 35.5. The number of hydrogen-bond acceptors (Lipinski definition) is 2. The van der Waals surface area contributed by atoms with Gasteiger partial charge >= 0.3 is 0 Å². The van der Waals surface area contributed by atoms with Gasteiger partial charge in [-0.2, -0.15) is 17.0 Å². The van der Waals surface area contributed by atoms with Crippen molar-refractivity contribution in [3.8, 4) is 6.07 Å². The zero-order chi connectivity index (χ0) is 8.69. The van der Waals surface area contributed by atoms with Gasteiger partial charge in [0.25, 0.3) is 0 Å². The lowest BCUT2D eigenvalue weighted by Crippen LogP contribution is -2.02. The summed E-state index contributed by atoms with van der Waals surface area (Å²) in [6.45, 7) is 4.39. The molecule has 0 rings (SSSR count). The van der Waals surface area contributed by atoms with Gasteiger partial charge < -0.3 is 0 Å². The Bertz CT molecular complexity index is 133. The second kappa shape index (κ2) is 6.82. The molecule has 0 aromatic carbocycles. The Kier molecular flexibility index (Phi) is 6.90. The van der Waals surface area contributed by atoms with Crippen molar-refractivity contribution in [2.75, 3.05) is 11.5 Å². The van der Waals surface area contributed by atoms with E-state index in [4.69, 9.17) is 16.9 Å². The molecular formula is C8H14ClNS. The molecular weight excluding hydrogens is 178 g/mol. The van der Waals surface area contributed by atoms with Gasteiger partial charge in [-0.3, -0.25) is 0 Å². The first-order valence-electron chi connectivity index (χ1n) is 3.82. The van der Waals surface area contributed by atoms with Gasteiger partial charge in [0.05, 0.1) is 6.07 Å². The summed E-state index contributed by atoms with van der Waals surface area (Å²) < 4.78 is 0. The fourth-order valence-electron chi connectivity index (χ4n) is 0.528. The molecule has 0 aromatic heterocycles. The highest BCUT2D eigenvalue weighted by Crippen LogP contribution is 2.13. The molecule has 0 saturated carbocycles. The number of hydrogen-bond donors (Lipinski definition) is 0. The summed E-state index contributed by atoms with van der Waals surface area (Å²) in [6.07, 6.45) is 1.20. The van der Waals surface area contributed by atoms with Gasteiger partial charge in [0.2, 0.25) is 0 Å². The molecule has 0 saturated heterocycles. The first-order valence-corrected chi connectivity index (χ1v) is 5.41. The van der Waals surface area contributed by atoms with Crippen molar-refractivity contribution in [2.24, 2.45) is 5.92 Å². The van der Waals surface area contributed by atoms with Crippen LogP contribution in [0.3, 0.4) is 0 Å². The van der Waals surface area contributed by atoms with Gasteiger partial charge in [-0.25, -0.2) is 0 Å². The minimum atomic E-state index is -0.316. The zero-order valence-corrected chi connectivity index (χ0v) is 8.58. The van der Waals surface area contributed by atoms with Crippen LogP contribution in [0.25, 0.3) is 0 Å². The van der Waals surface area contributed by atoms with E-state index in [9.17, 15) is 0 Å². The minimum Gasteiger partial charge on any atom is -0.197 e. The molecule has 64 valence electrons. The number of nitriles is 1. The quantitative estimate of drug-likeness (QED) is 0.624. The number of halogens is 1. The lowest BCUT2D eigenvalue weighted by atomic mass is 10.2. The van der Waals surface area contributed by atoms with Crippen LogP contribution in [-0.4, -0.2) is 16.9 Å². The largest absolute Gasteiger partial charge is 0.197 e. The zero-order valence-electron chi connectivity index (χ0n) is 7.01. The fraction of sp³-hybridized carbons (Fsp3) is 0.875. The summed E-state index contributed by atoms with van der Waals surface area (Å²) in [5.41, 5.74) is 0. The van der Waals surface area contributed by atoms with E-state index in [0.717, 1.165) is 17.4 Å². The summed E-state index contributed by atoms with van der Waals surface area (Å²) in [5, 5.41) is 8.05. The molecule has 0 amide bonds. The molecule has 2 atom stereocenters. The average molecular weight is 192 g/mol. The van der Waals surface area contributed by atoms with Gasteiger partial charge in [0.1, 0.15) is 5.38 Å². The van der Waals surface area contributed by atoms with E-state index in [1.807, 2.05) is 6.07 Å². The summed E-state index contributed by atoms with van der Waals surface area (Å²) in [7, 11) is 0. The molecule has 0 bridgehead atoms. The molecule has 0 fully saturated rings. The monoisotopic (exact) mass is 191 g/mol. The fourth-order valence-corrected chi connectivity index (χ4v) is 1.85. The summed E-state index contributed by atoms with van der Waals surface area (Å²) in [4.78, 5) is 0. The van der Waals surface area contributed by atoms with Crippen molar-refractivity contribution < 1.29 is 0 Å². The highest BCUT2D eigenvalue weighted by molar-refractivity contribution is 7.99. The summed E-state index contributed by atoms with van der Waals surface area (Å²) in [5.74, 6) is 2.60. The van der Waals surface area contributed by atoms with Crippen molar-refractivity contribution >= 4 is 23.4 Å². The van der Waals surface area contributed by atoms with Gasteiger partial charge in [-0.1, -0.05) is 20.3 Å². The second-order valence-electron chi connectivity index (χ2n) is 2.65. The van der Waals surface area contributed by atoms with Crippen molar-refractivity contribution in [3.05, 3.63) is 0 Å². The molecule has 0 heterocycles. The Morgan fingerprint density at radius 1 is 1.55 bits per heavy atom.